The van der Waals surface area contributed by atoms with E-state index in [1.54, 1.807) is 30.3 Å². The first-order valence-corrected chi connectivity index (χ1v) is 5.71. The lowest BCUT2D eigenvalue weighted by Gasteiger charge is -2.06. The van der Waals surface area contributed by atoms with Gasteiger partial charge in [0.25, 0.3) is 0 Å². The summed E-state index contributed by atoms with van der Waals surface area (Å²) in [5.74, 6) is -0.142. The molecule has 0 atom stereocenters. The van der Waals surface area contributed by atoms with E-state index in [1.807, 2.05) is 0 Å². The number of phenols is 2. The van der Waals surface area contributed by atoms with E-state index in [0.29, 0.717) is 10.8 Å². The molecule has 0 unspecified atom stereocenters. The zero-order valence-corrected chi connectivity index (χ0v) is 9.83. The normalized spacial score (nSPS) is 10.7. The highest BCUT2D eigenvalue weighted by molar-refractivity contribution is 5.85. The fourth-order valence-corrected chi connectivity index (χ4v) is 2.04. The molecular weight excluding hydrogens is 244 g/mol. The maximum Gasteiger partial charge on any atom is 0.344 e. The third kappa shape index (κ3) is 1.83. The van der Waals surface area contributed by atoms with Crippen molar-refractivity contribution in [2.45, 2.75) is 0 Å². The van der Waals surface area contributed by atoms with Crippen LogP contribution in [0.25, 0.3) is 22.1 Å². The molecule has 0 spiro atoms. The highest BCUT2D eigenvalue weighted by Gasteiger charge is 2.14. The molecule has 1 heterocycles. The molecule has 0 saturated carbocycles. The van der Waals surface area contributed by atoms with E-state index in [4.69, 9.17) is 4.42 Å². The molecule has 0 fully saturated rings. The number of fused-ring (bicyclic) bond motifs is 1. The predicted octanol–water partition coefficient (Wildman–Crippen LogP) is 2.87. The van der Waals surface area contributed by atoms with Crippen LogP contribution in [0.3, 0.4) is 0 Å². The monoisotopic (exact) mass is 254 g/mol. The second kappa shape index (κ2) is 4.17. The van der Waals surface area contributed by atoms with Gasteiger partial charge in [0.2, 0.25) is 0 Å². The van der Waals surface area contributed by atoms with Crippen molar-refractivity contribution in [1.82, 2.24) is 0 Å². The van der Waals surface area contributed by atoms with Gasteiger partial charge in [-0.15, -0.1) is 0 Å². The molecule has 94 valence electrons. The number of phenolic OH excluding ortho intramolecular Hbond substituents is 2. The second-order valence-corrected chi connectivity index (χ2v) is 4.16. The summed E-state index contributed by atoms with van der Waals surface area (Å²) in [5, 5.41) is 20.7. The molecule has 2 aromatic carbocycles. The topological polar surface area (TPSA) is 70.7 Å². The summed E-state index contributed by atoms with van der Waals surface area (Å²) in [6.07, 6.45) is 0. The van der Waals surface area contributed by atoms with Crippen LogP contribution in [-0.2, 0) is 0 Å². The number of hydrogen-bond donors (Lipinski definition) is 2. The Labute approximate surface area is 108 Å². The van der Waals surface area contributed by atoms with Crippen LogP contribution in [0.15, 0.2) is 57.7 Å². The molecule has 0 saturated heterocycles. The lowest BCUT2D eigenvalue weighted by atomic mass is 10.1. The van der Waals surface area contributed by atoms with Crippen molar-refractivity contribution in [2.24, 2.45) is 0 Å². The summed E-state index contributed by atoms with van der Waals surface area (Å²) in [6, 6.07) is 12.9. The van der Waals surface area contributed by atoms with Gasteiger partial charge < -0.3 is 14.6 Å². The Hall–Kier alpha value is -2.75. The maximum atomic E-state index is 11.9. The molecule has 2 N–H and O–H groups in total. The number of hydrogen-bond acceptors (Lipinski definition) is 4. The van der Waals surface area contributed by atoms with Crippen LogP contribution in [0.5, 0.6) is 11.5 Å². The lowest BCUT2D eigenvalue weighted by molar-refractivity contribution is 0.446. The average molecular weight is 254 g/mol. The quantitative estimate of drug-likeness (QED) is 0.700. The Morgan fingerprint density at radius 3 is 2.32 bits per heavy atom. The van der Waals surface area contributed by atoms with Crippen LogP contribution in [0, 0.1) is 0 Å². The molecule has 0 aliphatic heterocycles. The van der Waals surface area contributed by atoms with Crippen LogP contribution >= 0.6 is 0 Å². The van der Waals surface area contributed by atoms with Crippen molar-refractivity contribution in [1.29, 1.82) is 0 Å². The first-order valence-electron chi connectivity index (χ1n) is 5.71. The Morgan fingerprint density at radius 1 is 0.895 bits per heavy atom. The van der Waals surface area contributed by atoms with E-state index >= 15 is 0 Å². The molecule has 1 aromatic heterocycles. The minimum absolute atomic E-state index is 0.116. The fourth-order valence-electron chi connectivity index (χ4n) is 2.04. The predicted molar refractivity (Wildman–Crippen MR) is 71.2 cm³/mol. The molecule has 0 radical (unpaired) electrons. The first kappa shape index (κ1) is 11.3. The molecule has 3 aromatic rings. The van der Waals surface area contributed by atoms with Crippen LogP contribution in [0.2, 0.25) is 0 Å². The minimum Gasteiger partial charge on any atom is -0.507 e. The summed E-state index contributed by atoms with van der Waals surface area (Å²) in [7, 11) is 0. The maximum absolute atomic E-state index is 11.9. The van der Waals surface area contributed by atoms with E-state index in [0.717, 1.165) is 0 Å². The molecule has 0 aliphatic carbocycles. The standard InChI is InChI=1S/C15H10O4/c16-11-6-3-7-12(17)14(11)13-8-9-4-1-2-5-10(9)15(18)19-13/h1-8,16-17H. The molecular formula is C15H10O4. The number of rotatable bonds is 1. The van der Waals surface area contributed by atoms with Crippen molar-refractivity contribution in [3.8, 4) is 22.8 Å². The summed E-state index contributed by atoms with van der Waals surface area (Å²) in [6.45, 7) is 0. The van der Waals surface area contributed by atoms with Crippen molar-refractivity contribution in [2.75, 3.05) is 0 Å². The largest absolute Gasteiger partial charge is 0.507 e. The lowest BCUT2D eigenvalue weighted by Crippen LogP contribution is -2.00. The summed E-state index contributed by atoms with van der Waals surface area (Å²) in [4.78, 5) is 11.9. The Balaban J connectivity index is 2.35. The van der Waals surface area contributed by atoms with Crippen molar-refractivity contribution in [3.05, 3.63) is 59.0 Å². The van der Waals surface area contributed by atoms with Gasteiger partial charge in [0.15, 0.2) is 0 Å². The zero-order valence-electron chi connectivity index (χ0n) is 9.83. The smallest absolute Gasteiger partial charge is 0.344 e. The van der Waals surface area contributed by atoms with Gasteiger partial charge in [-0.3, -0.25) is 0 Å². The Morgan fingerprint density at radius 2 is 1.58 bits per heavy atom. The first-order chi connectivity index (χ1) is 9.16. The average Bonchev–Trinajstić information content (AvgIpc) is 2.38. The zero-order chi connectivity index (χ0) is 13.4. The van der Waals surface area contributed by atoms with E-state index in [1.165, 1.54) is 18.2 Å². The highest BCUT2D eigenvalue weighted by Crippen LogP contribution is 2.37. The number of aromatic hydroxyl groups is 2. The summed E-state index contributed by atoms with van der Waals surface area (Å²) < 4.78 is 5.16. The van der Waals surface area contributed by atoms with Gasteiger partial charge in [0, 0.05) is 0 Å². The molecule has 4 nitrogen and oxygen atoms in total. The van der Waals surface area contributed by atoms with Gasteiger partial charge in [-0.1, -0.05) is 24.3 Å². The molecule has 0 bridgehead atoms. The van der Waals surface area contributed by atoms with Gasteiger partial charge in [-0.2, -0.15) is 0 Å². The third-order valence-corrected chi connectivity index (χ3v) is 2.94. The Kier molecular flexibility index (Phi) is 2.49. The third-order valence-electron chi connectivity index (χ3n) is 2.94. The van der Waals surface area contributed by atoms with Crippen LogP contribution in [-0.4, -0.2) is 10.2 Å². The van der Waals surface area contributed by atoms with Gasteiger partial charge >= 0.3 is 5.63 Å². The van der Waals surface area contributed by atoms with Gasteiger partial charge in [0.1, 0.15) is 22.8 Å². The van der Waals surface area contributed by atoms with Crippen LogP contribution in [0.4, 0.5) is 0 Å². The summed E-state index contributed by atoms with van der Waals surface area (Å²) >= 11 is 0. The SMILES string of the molecule is O=c1oc(-c2c(O)cccc2O)cc2ccccc12. The van der Waals surface area contributed by atoms with Crippen LogP contribution < -0.4 is 5.63 Å². The van der Waals surface area contributed by atoms with Gasteiger partial charge in [-0.05, 0) is 29.7 Å². The highest BCUT2D eigenvalue weighted by atomic mass is 16.4. The molecule has 0 aliphatic rings. The Bertz CT molecular complexity index is 797. The van der Waals surface area contributed by atoms with Crippen molar-refractivity contribution < 1.29 is 14.6 Å². The van der Waals surface area contributed by atoms with Crippen molar-refractivity contribution >= 4 is 10.8 Å². The van der Waals surface area contributed by atoms with E-state index in [-0.39, 0.29) is 22.8 Å². The molecule has 4 heteroatoms. The number of benzene rings is 2. The molecule has 0 amide bonds. The summed E-state index contributed by atoms with van der Waals surface area (Å²) in [5.41, 5.74) is -0.388. The second-order valence-electron chi connectivity index (χ2n) is 4.16. The van der Waals surface area contributed by atoms with E-state index in [9.17, 15) is 15.0 Å². The van der Waals surface area contributed by atoms with E-state index < -0.39 is 5.63 Å². The molecule has 19 heavy (non-hydrogen) atoms. The molecule has 3 rings (SSSR count). The van der Waals surface area contributed by atoms with Gasteiger partial charge in [-0.25, -0.2) is 4.79 Å². The fraction of sp³-hybridized carbons (Fsp3) is 0. The van der Waals surface area contributed by atoms with E-state index in [2.05, 4.69) is 0 Å². The van der Waals surface area contributed by atoms with Crippen LogP contribution in [0.1, 0.15) is 0 Å². The van der Waals surface area contributed by atoms with Gasteiger partial charge in [0.05, 0.1) is 5.39 Å². The van der Waals surface area contributed by atoms with Crippen molar-refractivity contribution in [3.63, 3.8) is 0 Å². The minimum atomic E-state index is -0.504.